The van der Waals surface area contributed by atoms with E-state index in [9.17, 15) is 4.79 Å². The van der Waals surface area contributed by atoms with Crippen LogP contribution in [0.4, 0.5) is 0 Å². The third-order valence-corrected chi connectivity index (χ3v) is 8.47. The highest BCUT2D eigenvalue weighted by atomic mass is 16.1. The summed E-state index contributed by atoms with van der Waals surface area (Å²) in [6.07, 6.45) is 9.88. The fraction of sp³-hybridized carbons (Fsp3) is 0.630. The molecule has 1 aromatic carbocycles. The first-order chi connectivity index (χ1) is 16.3. The predicted octanol–water partition coefficient (Wildman–Crippen LogP) is 5.10. The van der Waals surface area contributed by atoms with Crippen LogP contribution in [0.1, 0.15) is 95.1 Å². The Kier molecular flexibility index (Phi) is 6.09. The number of H-pyrrole nitrogens is 1. The Bertz CT molecular complexity index is 1210. The number of likely N-dealkylation sites (tertiary alicyclic amines) is 1. The van der Waals surface area contributed by atoms with Crippen LogP contribution in [0.2, 0.25) is 0 Å². The van der Waals surface area contributed by atoms with Crippen molar-refractivity contribution < 1.29 is 0 Å². The molecular formula is C27H38N6O. The molecule has 34 heavy (non-hydrogen) atoms. The van der Waals surface area contributed by atoms with Crippen molar-refractivity contribution in [3.8, 4) is 0 Å². The van der Waals surface area contributed by atoms with E-state index in [0.717, 1.165) is 48.2 Å². The summed E-state index contributed by atoms with van der Waals surface area (Å²) in [7, 11) is 0. The van der Waals surface area contributed by atoms with Crippen LogP contribution in [0.3, 0.4) is 0 Å². The van der Waals surface area contributed by atoms with Gasteiger partial charge in [-0.05, 0) is 98.8 Å². The summed E-state index contributed by atoms with van der Waals surface area (Å²) in [4.78, 5) is 19.2. The number of hydrogen-bond donors (Lipinski definition) is 1. The van der Waals surface area contributed by atoms with Crippen molar-refractivity contribution in [3.63, 3.8) is 0 Å². The molecule has 0 radical (unpaired) electrons. The normalized spacial score (nSPS) is 20.1. The third kappa shape index (κ3) is 4.19. The summed E-state index contributed by atoms with van der Waals surface area (Å²) in [6, 6.07) is 7.98. The Morgan fingerprint density at radius 1 is 1.12 bits per heavy atom. The summed E-state index contributed by atoms with van der Waals surface area (Å²) in [6.45, 7) is 10.5. The number of hydrogen-bond acceptors (Lipinski definition) is 5. The Hall–Kier alpha value is -2.54. The Labute approximate surface area is 201 Å². The minimum atomic E-state index is -0.270. The van der Waals surface area contributed by atoms with Crippen LogP contribution in [0.15, 0.2) is 29.1 Å². The van der Waals surface area contributed by atoms with Gasteiger partial charge in [0.05, 0.1) is 5.54 Å². The van der Waals surface area contributed by atoms with Gasteiger partial charge in [-0.2, -0.15) is 0 Å². The van der Waals surface area contributed by atoms with Gasteiger partial charge in [0.1, 0.15) is 6.04 Å². The molecule has 7 heteroatoms. The summed E-state index contributed by atoms with van der Waals surface area (Å²) < 4.78 is 1.96. The number of aromatic amines is 1. The van der Waals surface area contributed by atoms with Gasteiger partial charge in [0.15, 0.2) is 5.82 Å². The summed E-state index contributed by atoms with van der Waals surface area (Å²) >= 11 is 0. The van der Waals surface area contributed by atoms with E-state index in [1.807, 2.05) is 16.8 Å². The van der Waals surface area contributed by atoms with Crippen LogP contribution >= 0.6 is 0 Å². The lowest BCUT2D eigenvalue weighted by atomic mass is 9.69. The summed E-state index contributed by atoms with van der Waals surface area (Å²) in [5.74, 6) is 0.775. The summed E-state index contributed by atoms with van der Waals surface area (Å²) in [5.41, 5.74) is 2.86. The zero-order valence-electron chi connectivity index (χ0n) is 21.1. The lowest BCUT2D eigenvalue weighted by molar-refractivity contribution is 0.0326. The number of aryl methyl sites for hydroxylation is 1. The highest BCUT2D eigenvalue weighted by molar-refractivity contribution is 5.79. The van der Waals surface area contributed by atoms with Crippen molar-refractivity contribution in [3.05, 3.63) is 51.6 Å². The van der Waals surface area contributed by atoms with Gasteiger partial charge in [0, 0.05) is 17.6 Å². The van der Waals surface area contributed by atoms with Crippen LogP contribution in [0, 0.1) is 12.3 Å². The molecule has 5 rings (SSSR count). The van der Waals surface area contributed by atoms with E-state index in [1.165, 1.54) is 44.1 Å². The highest BCUT2D eigenvalue weighted by Gasteiger charge is 2.42. The first-order valence-corrected chi connectivity index (χ1v) is 13.0. The second kappa shape index (κ2) is 8.91. The highest BCUT2D eigenvalue weighted by Crippen LogP contribution is 2.45. The largest absolute Gasteiger partial charge is 0.322 e. The third-order valence-electron chi connectivity index (χ3n) is 8.47. The molecule has 1 spiro atoms. The van der Waals surface area contributed by atoms with Gasteiger partial charge in [-0.25, -0.2) is 4.68 Å². The number of piperidine rings is 1. The van der Waals surface area contributed by atoms with Crippen LogP contribution in [-0.2, 0) is 5.54 Å². The number of nitrogens with one attached hydrogen (secondary N) is 1. The van der Waals surface area contributed by atoms with Crippen LogP contribution in [0.5, 0.6) is 0 Å². The maximum absolute atomic E-state index is 13.5. The average molecular weight is 463 g/mol. The predicted molar refractivity (Wildman–Crippen MR) is 135 cm³/mol. The zero-order valence-corrected chi connectivity index (χ0v) is 21.1. The standard InChI is InChI=1S/C27H38N6O/c1-5-26(3,4)33-24(29-30-31-33)23(32-15-9-14-27(18-32)12-7-6-8-13-27)21-17-20-16-19(2)10-11-22(20)28-25(21)34/h10-11,16-17,23H,5-9,12-15,18H2,1-4H3,(H,28,34)/t23-/m0/s1. The average Bonchev–Trinajstić information content (AvgIpc) is 3.31. The van der Waals surface area contributed by atoms with Crippen LogP contribution in [-0.4, -0.2) is 43.2 Å². The van der Waals surface area contributed by atoms with Crippen molar-refractivity contribution >= 4 is 10.9 Å². The van der Waals surface area contributed by atoms with Crippen molar-refractivity contribution in [2.24, 2.45) is 5.41 Å². The minimum absolute atomic E-state index is 0.0477. The fourth-order valence-electron chi connectivity index (χ4n) is 6.17. The number of rotatable bonds is 5. The van der Waals surface area contributed by atoms with E-state index in [-0.39, 0.29) is 17.1 Å². The Balaban J connectivity index is 1.66. The molecular weight excluding hydrogens is 424 g/mol. The lowest BCUT2D eigenvalue weighted by Gasteiger charge is -2.47. The molecule has 7 nitrogen and oxygen atoms in total. The fourth-order valence-corrected chi connectivity index (χ4v) is 6.17. The molecule has 0 bridgehead atoms. The van der Waals surface area contributed by atoms with Gasteiger partial charge in [-0.15, -0.1) is 5.10 Å². The van der Waals surface area contributed by atoms with Gasteiger partial charge < -0.3 is 4.98 Å². The van der Waals surface area contributed by atoms with Gasteiger partial charge in [0.2, 0.25) is 0 Å². The monoisotopic (exact) mass is 462 g/mol. The molecule has 182 valence electrons. The molecule has 3 aromatic rings. The number of tetrazole rings is 1. The van der Waals surface area contributed by atoms with Crippen molar-refractivity contribution in [1.29, 1.82) is 0 Å². The van der Waals surface area contributed by atoms with E-state index < -0.39 is 0 Å². The van der Waals surface area contributed by atoms with Crippen LogP contribution in [0.25, 0.3) is 10.9 Å². The van der Waals surface area contributed by atoms with E-state index in [4.69, 9.17) is 0 Å². The number of nitrogens with zero attached hydrogens (tertiary/aromatic N) is 5. The van der Waals surface area contributed by atoms with E-state index in [0.29, 0.717) is 5.41 Å². The second-order valence-corrected chi connectivity index (χ2v) is 11.3. The first kappa shape index (κ1) is 23.2. The molecule has 1 aliphatic heterocycles. The van der Waals surface area contributed by atoms with Crippen molar-refractivity contribution in [2.45, 2.75) is 90.6 Å². The summed E-state index contributed by atoms with van der Waals surface area (Å²) in [5, 5.41) is 14.2. The number of pyridine rings is 1. The molecule has 2 fully saturated rings. The molecule has 1 saturated heterocycles. The van der Waals surface area contributed by atoms with Gasteiger partial charge >= 0.3 is 0 Å². The number of benzene rings is 1. The lowest BCUT2D eigenvalue weighted by Crippen LogP contribution is -2.48. The van der Waals surface area contributed by atoms with Gasteiger partial charge in [-0.1, -0.05) is 37.8 Å². The molecule has 2 aliphatic rings. The zero-order chi connectivity index (χ0) is 23.9. The molecule has 1 N–H and O–H groups in total. The first-order valence-electron chi connectivity index (χ1n) is 13.0. The number of fused-ring (bicyclic) bond motifs is 1. The van der Waals surface area contributed by atoms with Crippen molar-refractivity contribution in [1.82, 2.24) is 30.1 Å². The molecule has 0 unspecified atom stereocenters. The SMILES string of the molecule is CCC(C)(C)n1nnnc1[C@H](c1cc2cc(C)ccc2[nH]c1=O)N1CCCC2(CCCCC2)C1. The molecule has 1 aliphatic carbocycles. The quantitative estimate of drug-likeness (QED) is 0.570. The topological polar surface area (TPSA) is 79.7 Å². The molecule has 1 saturated carbocycles. The van der Waals surface area contributed by atoms with Gasteiger partial charge in [0.25, 0.3) is 5.56 Å². The van der Waals surface area contributed by atoms with E-state index >= 15 is 0 Å². The number of aromatic nitrogens is 5. The minimum Gasteiger partial charge on any atom is -0.322 e. The van der Waals surface area contributed by atoms with E-state index in [1.54, 1.807) is 0 Å². The Morgan fingerprint density at radius 2 is 1.88 bits per heavy atom. The smallest absolute Gasteiger partial charge is 0.253 e. The maximum atomic E-state index is 13.5. The maximum Gasteiger partial charge on any atom is 0.253 e. The van der Waals surface area contributed by atoms with E-state index in [2.05, 4.69) is 65.2 Å². The molecule has 0 amide bonds. The second-order valence-electron chi connectivity index (χ2n) is 11.3. The Morgan fingerprint density at radius 3 is 2.65 bits per heavy atom. The molecule has 3 heterocycles. The molecule has 2 aromatic heterocycles. The van der Waals surface area contributed by atoms with Crippen molar-refractivity contribution in [2.75, 3.05) is 13.1 Å². The van der Waals surface area contributed by atoms with Gasteiger partial charge in [-0.3, -0.25) is 9.69 Å². The van der Waals surface area contributed by atoms with Crippen LogP contribution < -0.4 is 5.56 Å². The molecule has 1 atom stereocenters.